The first kappa shape index (κ1) is 12.3. The van der Waals surface area contributed by atoms with E-state index in [4.69, 9.17) is 28.9 Å². The van der Waals surface area contributed by atoms with Crippen molar-refractivity contribution >= 4 is 29.2 Å². The van der Waals surface area contributed by atoms with Crippen molar-refractivity contribution < 1.29 is 13.2 Å². The zero-order chi connectivity index (χ0) is 11.6. The predicted octanol–water partition coefficient (Wildman–Crippen LogP) is 2.86. The van der Waals surface area contributed by atoms with E-state index in [2.05, 4.69) is 9.97 Å². The molecule has 0 amide bonds. The minimum absolute atomic E-state index is 0.0601. The second kappa shape index (κ2) is 4.40. The van der Waals surface area contributed by atoms with E-state index in [1.165, 1.54) is 0 Å². The summed E-state index contributed by atoms with van der Waals surface area (Å²) >= 11 is 11.2. The Balaban J connectivity index is 2.86. The van der Waals surface area contributed by atoms with Crippen LogP contribution < -0.4 is 5.73 Å². The molecule has 2 N–H and O–H groups in total. The standard InChI is InChI=1S/C7H6Cl2F3N3/c8-4-3(1-2-7(10,11)12)5(9)15-6(13)14-4/h1-2H2,(H2,13,14,15). The summed E-state index contributed by atoms with van der Waals surface area (Å²) in [5.74, 6) is -0.166. The number of hydrogen-bond acceptors (Lipinski definition) is 3. The molecule has 0 fully saturated rings. The first-order valence-corrected chi connectivity index (χ1v) is 4.59. The van der Waals surface area contributed by atoms with Crippen LogP contribution in [0.25, 0.3) is 0 Å². The molecule has 0 aliphatic rings. The SMILES string of the molecule is Nc1nc(Cl)c(CCC(F)(F)F)c(Cl)n1. The highest BCUT2D eigenvalue weighted by atomic mass is 35.5. The zero-order valence-corrected chi connectivity index (χ0v) is 8.79. The molecule has 3 nitrogen and oxygen atoms in total. The van der Waals surface area contributed by atoms with Crippen LogP contribution in [0, 0.1) is 0 Å². The van der Waals surface area contributed by atoms with Crippen molar-refractivity contribution in [3.8, 4) is 0 Å². The van der Waals surface area contributed by atoms with Gasteiger partial charge in [0.25, 0.3) is 0 Å². The fourth-order valence-corrected chi connectivity index (χ4v) is 1.51. The van der Waals surface area contributed by atoms with Gasteiger partial charge in [0.05, 0.1) is 0 Å². The Hall–Kier alpha value is -0.750. The monoisotopic (exact) mass is 259 g/mol. The minimum atomic E-state index is -4.27. The van der Waals surface area contributed by atoms with Crippen LogP contribution >= 0.6 is 23.2 Å². The summed E-state index contributed by atoms with van der Waals surface area (Å²) in [5.41, 5.74) is 5.26. The topological polar surface area (TPSA) is 51.8 Å². The Morgan fingerprint density at radius 2 is 1.60 bits per heavy atom. The largest absolute Gasteiger partial charge is 0.389 e. The molecule has 0 aromatic carbocycles. The number of nitrogen functional groups attached to an aromatic ring is 1. The zero-order valence-electron chi connectivity index (χ0n) is 7.28. The van der Waals surface area contributed by atoms with Crippen LogP contribution in [0.4, 0.5) is 19.1 Å². The molecule has 0 bridgehead atoms. The molecule has 1 aromatic rings. The lowest BCUT2D eigenvalue weighted by Crippen LogP contribution is -2.10. The van der Waals surface area contributed by atoms with Crippen molar-refractivity contribution in [2.45, 2.75) is 19.0 Å². The molecule has 0 aliphatic carbocycles. The van der Waals surface area contributed by atoms with Gasteiger partial charge in [-0.25, -0.2) is 9.97 Å². The number of nitrogens with two attached hydrogens (primary N) is 1. The van der Waals surface area contributed by atoms with E-state index in [-0.39, 0.29) is 28.2 Å². The van der Waals surface area contributed by atoms with E-state index in [0.717, 1.165) is 0 Å². The van der Waals surface area contributed by atoms with E-state index in [1.807, 2.05) is 0 Å². The summed E-state index contributed by atoms with van der Waals surface area (Å²) in [6, 6.07) is 0. The van der Waals surface area contributed by atoms with Gasteiger partial charge in [-0.3, -0.25) is 0 Å². The molecule has 15 heavy (non-hydrogen) atoms. The fourth-order valence-electron chi connectivity index (χ4n) is 0.919. The van der Waals surface area contributed by atoms with Crippen molar-refractivity contribution in [3.63, 3.8) is 0 Å². The van der Waals surface area contributed by atoms with Crippen LogP contribution in [0.1, 0.15) is 12.0 Å². The molecule has 0 unspecified atom stereocenters. The van der Waals surface area contributed by atoms with Crippen LogP contribution in [-0.4, -0.2) is 16.1 Å². The summed E-state index contributed by atoms with van der Waals surface area (Å²) in [5, 5.41) is -0.284. The molecular weight excluding hydrogens is 254 g/mol. The van der Waals surface area contributed by atoms with E-state index in [9.17, 15) is 13.2 Å². The molecule has 0 spiro atoms. The molecular formula is C7H6Cl2F3N3. The lowest BCUT2D eigenvalue weighted by Gasteiger charge is -2.08. The maximum Gasteiger partial charge on any atom is 0.389 e. The molecule has 0 aliphatic heterocycles. The van der Waals surface area contributed by atoms with Crippen molar-refractivity contribution in [1.82, 2.24) is 9.97 Å². The highest BCUT2D eigenvalue weighted by molar-refractivity contribution is 6.34. The molecule has 8 heteroatoms. The van der Waals surface area contributed by atoms with Gasteiger partial charge in [-0.05, 0) is 6.42 Å². The lowest BCUT2D eigenvalue weighted by atomic mass is 10.2. The third-order valence-electron chi connectivity index (χ3n) is 1.58. The molecule has 0 radical (unpaired) electrons. The number of nitrogens with zero attached hydrogens (tertiary/aromatic N) is 2. The number of hydrogen-bond donors (Lipinski definition) is 1. The van der Waals surface area contributed by atoms with Crippen LogP contribution in [0.2, 0.25) is 10.3 Å². The number of anilines is 1. The van der Waals surface area contributed by atoms with Gasteiger partial charge >= 0.3 is 6.18 Å². The second-order valence-electron chi connectivity index (χ2n) is 2.76. The summed E-state index contributed by atoms with van der Waals surface area (Å²) in [7, 11) is 0. The van der Waals surface area contributed by atoms with Crippen LogP contribution in [0.5, 0.6) is 0 Å². The average Bonchev–Trinajstić information content (AvgIpc) is 1.99. The lowest BCUT2D eigenvalue weighted by molar-refractivity contribution is -0.133. The molecule has 1 rings (SSSR count). The molecule has 84 valence electrons. The van der Waals surface area contributed by atoms with E-state index in [0.29, 0.717) is 0 Å². The van der Waals surface area contributed by atoms with E-state index < -0.39 is 12.6 Å². The molecule has 0 saturated carbocycles. The van der Waals surface area contributed by atoms with Gasteiger partial charge < -0.3 is 5.73 Å². The Kier molecular flexibility index (Phi) is 3.62. The number of aromatic nitrogens is 2. The Morgan fingerprint density at radius 3 is 2.00 bits per heavy atom. The van der Waals surface area contributed by atoms with E-state index >= 15 is 0 Å². The van der Waals surface area contributed by atoms with Crippen LogP contribution in [0.15, 0.2) is 0 Å². The molecule has 1 heterocycles. The molecule has 1 aromatic heterocycles. The summed E-state index contributed by atoms with van der Waals surface area (Å²) < 4.78 is 35.8. The minimum Gasteiger partial charge on any atom is -0.368 e. The van der Waals surface area contributed by atoms with Crippen LogP contribution in [0.3, 0.4) is 0 Å². The quantitative estimate of drug-likeness (QED) is 0.832. The third kappa shape index (κ3) is 3.71. The van der Waals surface area contributed by atoms with Gasteiger partial charge in [-0.2, -0.15) is 13.2 Å². The fraction of sp³-hybridized carbons (Fsp3) is 0.429. The first-order chi connectivity index (χ1) is 6.79. The van der Waals surface area contributed by atoms with Gasteiger partial charge in [-0.15, -0.1) is 0 Å². The van der Waals surface area contributed by atoms with Crippen molar-refractivity contribution in [1.29, 1.82) is 0 Å². The van der Waals surface area contributed by atoms with Crippen molar-refractivity contribution in [3.05, 3.63) is 15.9 Å². The summed E-state index contributed by atoms with van der Waals surface area (Å²) in [4.78, 5) is 7.03. The normalized spacial score (nSPS) is 11.8. The molecule has 0 saturated heterocycles. The number of alkyl halides is 3. The third-order valence-corrected chi connectivity index (χ3v) is 2.21. The van der Waals surface area contributed by atoms with Gasteiger partial charge in [-0.1, -0.05) is 23.2 Å². The Labute approximate surface area is 93.4 Å². The van der Waals surface area contributed by atoms with Gasteiger partial charge in [0.2, 0.25) is 5.95 Å². The predicted molar refractivity (Wildman–Crippen MR) is 50.8 cm³/mol. The van der Waals surface area contributed by atoms with Gasteiger partial charge in [0.1, 0.15) is 10.3 Å². The molecule has 0 atom stereocenters. The Morgan fingerprint density at radius 1 is 1.13 bits per heavy atom. The average molecular weight is 260 g/mol. The summed E-state index contributed by atoms with van der Waals surface area (Å²) in [6.07, 6.45) is -5.66. The van der Waals surface area contributed by atoms with Crippen molar-refractivity contribution in [2.75, 3.05) is 5.73 Å². The Bertz CT molecular complexity index is 344. The number of rotatable bonds is 2. The number of halogens is 5. The highest BCUT2D eigenvalue weighted by Gasteiger charge is 2.28. The second-order valence-corrected chi connectivity index (χ2v) is 3.47. The van der Waals surface area contributed by atoms with Crippen molar-refractivity contribution in [2.24, 2.45) is 0 Å². The maximum absolute atomic E-state index is 11.9. The van der Waals surface area contributed by atoms with Gasteiger partial charge in [0, 0.05) is 12.0 Å². The summed E-state index contributed by atoms with van der Waals surface area (Å²) in [6.45, 7) is 0. The van der Waals surface area contributed by atoms with Gasteiger partial charge in [0.15, 0.2) is 0 Å². The highest BCUT2D eigenvalue weighted by Crippen LogP contribution is 2.28. The first-order valence-electron chi connectivity index (χ1n) is 3.84. The van der Waals surface area contributed by atoms with Crippen LogP contribution in [-0.2, 0) is 6.42 Å². The van der Waals surface area contributed by atoms with E-state index in [1.54, 1.807) is 0 Å². The smallest absolute Gasteiger partial charge is 0.368 e. The maximum atomic E-state index is 11.9.